The van der Waals surface area contributed by atoms with Crippen LogP contribution >= 0.6 is 34.8 Å². The molecule has 0 nitrogen and oxygen atoms in total. The predicted octanol–water partition coefficient (Wildman–Crippen LogP) is 4.49. The number of hydrogen-bond donors (Lipinski definition) is 0. The fourth-order valence-corrected chi connectivity index (χ4v) is 1.98. The van der Waals surface area contributed by atoms with Crippen LogP contribution in [0.25, 0.3) is 0 Å². The average molecular weight is 228 g/mol. The van der Waals surface area contributed by atoms with Crippen LogP contribution in [0, 0.1) is 5.92 Å². The molecule has 0 radical (unpaired) electrons. The molecule has 0 spiro atoms. The monoisotopic (exact) mass is 226 g/mol. The van der Waals surface area contributed by atoms with E-state index in [1.165, 1.54) is 19.3 Å². The molecule has 0 saturated carbocycles. The number of allylic oxidation sites excluding steroid dienone is 2. The molecule has 0 aliphatic heterocycles. The summed E-state index contributed by atoms with van der Waals surface area (Å²) in [6.45, 7) is 0. The summed E-state index contributed by atoms with van der Waals surface area (Å²) >= 11 is 17.5. The largest absolute Gasteiger partial charge is 0.196 e. The van der Waals surface area contributed by atoms with E-state index in [1.807, 2.05) is 6.08 Å². The summed E-state index contributed by atoms with van der Waals surface area (Å²) in [6, 6.07) is 0. The maximum absolute atomic E-state index is 5.82. The molecular formula is C9H13Cl3. The van der Waals surface area contributed by atoms with Crippen LogP contribution in [-0.4, -0.2) is 3.79 Å². The van der Waals surface area contributed by atoms with Crippen molar-refractivity contribution in [3.63, 3.8) is 0 Å². The first-order valence-electron chi connectivity index (χ1n) is 4.34. The van der Waals surface area contributed by atoms with E-state index in [0.29, 0.717) is 0 Å². The molecule has 1 unspecified atom stereocenters. The van der Waals surface area contributed by atoms with Crippen molar-refractivity contribution in [1.82, 2.24) is 0 Å². The molecule has 0 aromatic rings. The molecule has 1 rings (SSSR count). The Hall–Kier alpha value is 0.610. The van der Waals surface area contributed by atoms with Crippen molar-refractivity contribution in [2.24, 2.45) is 5.92 Å². The second-order valence-electron chi connectivity index (χ2n) is 3.21. The van der Waals surface area contributed by atoms with Gasteiger partial charge in [-0.05, 0) is 19.3 Å². The molecule has 0 aromatic heterocycles. The molecule has 12 heavy (non-hydrogen) atoms. The molecular weight excluding hydrogens is 214 g/mol. The molecule has 1 aliphatic carbocycles. The third-order valence-corrected chi connectivity index (χ3v) is 3.02. The van der Waals surface area contributed by atoms with Crippen molar-refractivity contribution in [1.29, 1.82) is 0 Å². The molecule has 0 saturated heterocycles. The summed E-state index contributed by atoms with van der Waals surface area (Å²) in [4.78, 5) is 0. The van der Waals surface area contributed by atoms with E-state index in [1.54, 1.807) is 0 Å². The number of hydrogen-bond acceptors (Lipinski definition) is 0. The van der Waals surface area contributed by atoms with Crippen molar-refractivity contribution < 1.29 is 0 Å². The lowest BCUT2D eigenvalue weighted by molar-refractivity contribution is 0.527. The molecule has 1 aliphatic rings. The van der Waals surface area contributed by atoms with Gasteiger partial charge in [-0.25, -0.2) is 0 Å². The van der Waals surface area contributed by atoms with Crippen molar-refractivity contribution in [3.05, 3.63) is 12.2 Å². The van der Waals surface area contributed by atoms with Gasteiger partial charge >= 0.3 is 0 Å². The molecule has 0 bridgehead atoms. The van der Waals surface area contributed by atoms with Gasteiger partial charge in [0.05, 0.1) is 0 Å². The first-order valence-corrected chi connectivity index (χ1v) is 5.47. The minimum atomic E-state index is -1.12. The highest BCUT2D eigenvalue weighted by atomic mass is 35.6. The molecule has 0 N–H and O–H groups in total. The summed E-state index contributed by atoms with van der Waals surface area (Å²) < 4.78 is -1.12. The van der Waals surface area contributed by atoms with Gasteiger partial charge in [-0.3, -0.25) is 0 Å². The average Bonchev–Trinajstić information content (AvgIpc) is 1.81. The van der Waals surface area contributed by atoms with Gasteiger partial charge in [0, 0.05) is 5.92 Å². The van der Waals surface area contributed by atoms with E-state index in [2.05, 4.69) is 6.08 Å². The van der Waals surface area contributed by atoms with E-state index < -0.39 is 3.79 Å². The van der Waals surface area contributed by atoms with Crippen LogP contribution in [-0.2, 0) is 0 Å². The van der Waals surface area contributed by atoms with Gasteiger partial charge < -0.3 is 0 Å². The van der Waals surface area contributed by atoms with Gasteiger partial charge in [0.15, 0.2) is 3.79 Å². The molecule has 0 fully saturated rings. The second-order valence-corrected chi connectivity index (χ2v) is 5.58. The van der Waals surface area contributed by atoms with Crippen molar-refractivity contribution in [2.75, 3.05) is 0 Å². The van der Waals surface area contributed by atoms with Gasteiger partial charge in [-0.15, -0.1) is 0 Å². The van der Waals surface area contributed by atoms with Crippen LogP contribution in [0.1, 0.15) is 32.1 Å². The standard InChI is InChI=1S/C9H13Cl3/c10-9(11,12)8-6-4-2-1-3-5-7-8/h4,6,8H,1-3,5,7H2/b6-4-. The normalized spacial score (nSPS) is 29.1. The third-order valence-electron chi connectivity index (χ3n) is 2.17. The first kappa shape index (κ1) is 10.7. The Labute approximate surface area is 88.9 Å². The summed E-state index contributed by atoms with van der Waals surface area (Å²) in [6.07, 6.45) is 9.98. The summed E-state index contributed by atoms with van der Waals surface area (Å²) in [7, 11) is 0. The first-order chi connectivity index (χ1) is 5.61. The zero-order valence-corrected chi connectivity index (χ0v) is 9.17. The van der Waals surface area contributed by atoms with Crippen LogP contribution in [0.5, 0.6) is 0 Å². The zero-order chi connectivity index (χ0) is 9.03. The van der Waals surface area contributed by atoms with Crippen LogP contribution in [0.2, 0.25) is 0 Å². The Morgan fingerprint density at radius 3 is 2.50 bits per heavy atom. The molecule has 70 valence electrons. The number of rotatable bonds is 0. The maximum atomic E-state index is 5.82. The highest BCUT2D eigenvalue weighted by Crippen LogP contribution is 2.39. The smallest absolute Gasteiger partial charge is 0.0881 e. The Bertz CT molecular complexity index is 158. The molecule has 0 amide bonds. The fraction of sp³-hybridized carbons (Fsp3) is 0.778. The Morgan fingerprint density at radius 2 is 1.83 bits per heavy atom. The molecule has 1 atom stereocenters. The van der Waals surface area contributed by atoms with E-state index >= 15 is 0 Å². The molecule has 0 aromatic carbocycles. The minimum Gasteiger partial charge on any atom is -0.0881 e. The van der Waals surface area contributed by atoms with Crippen LogP contribution < -0.4 is 0 Å². The quantitative estimate of drug-likeness (QED) is 0.422. The van der Waals surface area contributed by atoms with Gasteiger partial charge in [-0.2, -0.15) is 0 Å². The lowest BCUT2D eigenvalue weighted by atomic mass is 9.98. The van der Waals surface area contributed by atoms with Gasteiger partial charge in [0.25, 0.3) is 0 Å². The highest BCUT2D eigenvalue weighted by molar-refractivity contribution is 6.67. The fourth-order valence-electron chi connectivity index (χ4n) is 1.43. The van der Waals surface area contributed by atoms with Crippen LogP contribution in [0.4, 0.5) is 0 Å². The lowest BCUT2D eigenvalue weighted by Gasteiger charge is -2.22. The van der Waals surface area contributed by atoms with E-state index in [9.17, 15) is 0 Å². The van der Waals surface area contributed by atoms with Gasteiger partial charge in [0.1, 0.15) is 0 Å². The molecule has 0 heterocycles. The Kier molecular flexibility index (Phi) is 4.22. The molecule has 3 heteroatoms. The van der Waals surface area contributed by atoms with Crippen molar-refractivity contribution >= 4 is 34.8 Å². The number of alkyl halides is 3. The van der Waals surface area contributed by atoms with Crippen molar-refractivity contribution in [3.8, 4) is 0 Å². The van der Waals surface area contributed by atoms with Gasteiger partial charge in [0.2, 0.25) is 0 Å². The van der Waals surface area contributed by atoms with E-state index in [-0.39, 0.29) is 5.92 Å². The van der Waals surface area contributed by atoms with Crippen LogP contribution in [0.3, 0.4) is 0 Å². The maximum Gasteiger partial charge on any atom is 0.196 e. The summed E-state index contributed by atoms with van der Waals surface area (Å²) in [5, 5.41) is 0. The lowest BCUT2D eigenvalue weighted by Crippen LogP contribution is -2.17. The Morgan fingerprint density at radius 1 is 1.08 bits per heavy atom. The SMILES string of the molecule is ClC(Cl)(Cl)C1/C=C\CCCCC1. The minimum absolute atomic E-state index is 0.0998. The Balaban J connectivity index is 2.55. The summed E-state index contributed by atoms with van der Waals surface area (Å²) in [5.74, 6) is 0.0998. The summed E-state index contributed by atoms with van der Waals surface area (Å²) in [5.41, 5.74) is 0. The zero-order valence-electron chi connectivity index (χ0n) is 6.90. The van der Waals surface area contributed by atoms with Crippen LogP contribution in [0.15, 0.2) is 12.2 Å². The number of halogens is 3. The topological polar surface area (TPSA) is 0 Å². The predicted molar refractivity (Wildman–Crippen MR) is 56.0 cm³/mol. The van der Waals surface area contributed by atoms with Crippen molar-refractivity contribution in [2.45, 2.75) is 35.9 Å². The third kappa shape index (κ3) is 3.55. The highest BCUT2D eigenvalue weighted by Gasteiger charge is 2.29. The van der Waals surface area contributed by atoms with E-state index in [4.69, 9.17) is 34.8 Å². The second kappa shape index (κ2) is 4.74. The van der Waals surface area contributed by atoms with Gasteiger partial charge in [-0.1, -0.05) is 59.8 Å². The van der Waals surface area contributed by atoms with E-state index in [0.717, 1.165) is 12.8 Å².